The van der Waals surface area contributed by atoms with Crippen molar-refractivity contribution in [3.8, 4) is 0 Å². The number of nitrogens with one attached hydrogen (secondary N) is 3. The molecule has 1 aliphatic carbocycles. The highest BCUT2D eigenvalue weighted by Crippen LogP contribution is 2.29. The van der Waals surface area contributed by atoms with Crippen LogP contribution in [-0.4, -0.2) is 72.8 Å². The molecule has 3 N–H and O–H groups in total. The lowest BCUT2D eigenvalue weighted by molar-refractivity contribution is 0.0846. The van der Waals surface area contributed by atoms with E-state index in [2.05, 4.69) is 25.5 Å². The first-order chi connectivity index (χ1) is 17.5. The lowest BCUT2D eigenvalue weighted by Crippen LogP contribution is -2.55. The molecular formula is C25H30ClN5O4S2. The summed E-state index contributed by atoms with van der Waals surface area (Å²) in [6, 6.07) is 6.35. The lowest BCUT2D eigenvalue weighted by atomic mass is 9.83. The van der Waals surface area contributed by atoms with Crippen LogP contribution in [-0.2, 0) is 22.8 Å². The number of amides is 2. The van der Waals surface area contributed by atoms with Crippen molar-refractivity contribution < 1.29 is 18.0 Å². The molecule has 198 valence electrons. The zero-order valence-corrected chi connectivity index (χ0v) is 23.1. The highest BCUT2D eigenvalue weighted by Gasteiger charge is 2.35. The largest absolute Gasteiger partial charge is 0.351 e. The summed E-state index contributed by atoms with van der Waals surface area (Å²) in [5.41, 5.74) is 2.17. The SMILES string of the molecule is CN1CCc2nc(C(=O)N[C@@H]3C[C@@H](CS(C)(=O)=O)CC[C@@H]3NC(=O)c3cc4cc(Cl)ccc4[nH]3)sc2C1. The van der Waals surface area contributed by atoms with Crippen LogP contribution in [0.25, 0.3) is 10.9 Å². The number of hydrogen-bond acceptors (Lipinski definition) is 7. The molecule has 1 fully saturated rings. The predicted molar refractivity (Wildman–Crippen MR) is 145 cm³/mol. The standard InChI is InChI=1S/C25H30ClN5O4S2/c1-31-8-7-19-22(12-31)36-25(30-19)24(33)29-20-9-14(13-37(2,34)35)3-5-18(20)28-23(32)21-11-15-10-16(26)4-6-17(15)27-21/h4,6,10-11,14,18,20,27H,3,5,7-9,12-13H2,1-2H3,(H,28,32)(H,29,33)/t14-,18-,20+/m0/s1. The van der Waals surface area contributed by atoms with Crippen molar-refractivity contribution in [3.63, 3.8) is 0 Å². The number of hydrogen-bond donors (Lipinski definition) is 3. The summed E-state index contributed by atoms with van der Waals surface area (Å²) < 4.78 is 23.9. The average Bonchev–Trinajstić information content (AvgIpc) is 3.43. The molecule has 12 heteroatoms. The number of aromatic nitrogens is 2. The molecule has 2 aromatic heterocycles. The van der Waals surface area contributed by atoms with Crippen LogP contribution in [0.1, 0.15) is 50.1 Å². The van der Waals surface area contributed by atoms with Gasteiger partial charge in [-0.15, -0.1) is 11.3 Å². The number of halogens is 1. The van der Waals surface area contributed by atoms with Gasteiger partial charge in [-0.25, -0.2) is 13.4 Å². The number of thiazole rings is 1. The Morgan fingerprint density at radius 3 is 2.76 bits per heavy atom. The summed E-state index contributed by atoms with van der Waals surface area (Å²) in [5.74, 6) is -0.611. The second-order valence-electron chi connectivity index (χ2n) is 10.2. The number of aromatic amines is 1. The van der Waals surface area contributed by atoms with Crippen LogP contribution >= 0.6 is 22.9 Å². The topological polar surface area (TPSA) is 124 Å². The second kappa shape index (κ2) is 10.4. The Balaban J connectivity index is 1.33. The van der Waals surface area contributed by atoms with Crippen molar-refractivity contribution in [1.82, 2.24) is 25.5 Å². The monoisotopic (exact) mass is 563 g/mol. The van der Waals surface area contributed by atoms with Crippen LogP contribution in [0.15, 0.2) is 24.3 Å². The summed E-state index contributed by atoms with van der Waals surface area (Å²) >= 11 is 7.48. The Hall–Kier alpha value is -2.47. The van der Waals surface area contributed by atoms with Crippen LogP contribution in [0, 0.1) is 5.92 Å². The molecule has 1 aromatic carbocycles. The summed E-state index contributed by atoms with van der Waals surface area (Å²) in [7, 11) is -1.12. The van der Waals surface area contributed by atoms with Crippen LogP contribution in [0.5, 0.6) is 0 Å². The Bertz CT molecular complexity index is 1450. The van der Waals surface area contributed by atoms with Gasteiger partial charge in [0, 0.05) is 58.7 Å². The molecular weight excluding hydrogens is 534 g/mol. The van der Waals surface area contributed by atoms with Gasteiger partial charge in [-0.3, -0.25) is 9.59 Å². The maximum Gasteiger partial charge on any atom is 0.280 e. The number of sulfone groups is 1. The molecule has 2 amide bonds. The van der Waals surface area contributed by atoms with Crippen molar-refractivity contribution in [2.45, 2.75) is 44.3 Å². The van der Waals surface area contributed by atoms with E-state index in [4.69, 9.17) is 11.6 Å². The van der Waals surface area contributed by atoms with E-state index in [0.717, 1.165) is 41.0 Å². The molecule has 9 nitrogen and oxygen atoms in total. The van der Waals surface area contributed by atoms with E-state index < -0.39 is 15.9 Å². The number of rotatable bonds is 6. The van der Waals surface area contributed by atoms with E-state index >= 15 is 0 Å². The van der Waals surface area contributed by atoms with Gasteiger partial charge >= 0.3 is 0 Å². The van der Waals surface area contributed by atoms with E-state index in [0.29, 0.717) is 35.0 Å². The number of H-pyrrole nitrogens is 1. The Kier molecular flexibility index (Phi) is 7.32. The molecule has 1 aliphatic heterocycles. The van der Waals surface area contributed by atoms with Crippen molar-refractivity contribution in [2.75, 3.05) is 25.6 Å². The molecule has 2 aliphatic rings. The van der Waals surface area contributed by atoms with Crippen molar-refractivity contribution in [2.24, 2.45) is 5.92 Å². The first kappa shape index (κ1) is 26.1. The molecule has 0 saturated heterocycles. The van der Waals surface area contributed by atoms with Crippen LogP contribution in [0.3, 0.4) is 0 Å². The van der Waals surface area contributed by atoms with E-state index in [-0.39, 0.29) is 29.5 Å². The molecule has 0 spiro atoms. The lowest BCUT2D eigenvalue weighted by Gasteiger charge is -2.36. The van der Waals surface area contributed by atoms with Gasteiger partial charge in [0.15, 0.2) is 5.01 Å². The van der Waals surface area contributed by atoms with E-state index in [9.17, 15) is 18.0 Å². The summed E-state index contributed by atoms with van der Waals surface area (Å²) in [6.07, 6.45) is 3.70. The third-order valence-corrected chi connectivity index (χ3v) is 9.47. The number of benzene rings is 1. The van der Waals surface area contributed by atoms with Crippen molar-refractivity contribution in [1.29, 1.82) is 0 Å². The van der Waals surface area contributed by atoms with Gasteiger partial charge in [-0.1, -0.05) is 11.6 Å². The zero-order chi connectivity index (χ0) is 26.3. The van der Waals surface area contributed by atoms with Crippen LogP contribution in [0.2, 0.25) is 5.02 Å². The number of likely N-dealkylation sites (N-methyl/N-ethyl adjacent to an activating group) is 1. The molecule has 0 unspecified atom stereocenters. The fraction of sp³-hybridized carbons (Fsp3) is 0.480. The van der Waals surface area contributed by atoms with Gasteiger partial charge in [-0.05, 0) is 56.5 Å². The van der Waals surface area contributed by atoms with Gasteiger partial charge in [0.25, 0.3) is 11.8 Å². The van der Waals surface area contributed by atoms with Crippen LogP contribution in [0.4, 0.5) is 0 Å². The minimum atomic E-state index is -3.17. The summed E-state index contributed by atoms with van der Waals surface area (Å²) in [6.45, 7) is 1.68. The third-order valence-electron chi connectivity index (χ3n) is 7.07. The minimum absolute atomic E-state index is 0.0562. The van der Waals surface area contributed by atoms with Crippen LogP contribution < -0.4 is 10.6 Å². The quantitative estimate of drug-likeness (QED) is 0.423. The molecule has 1 saturated carbocycles. The summed E-state index contributed by atoms with van der Waals surface area (Å²) in [4.78, 5) is 37.4. The number of carbonyl (C=O) groups excluding carboxylic acids is 2. The van der Waals surface area contributed by atoms with E-state index in [1.807, 2.05) is 13.1 Å². The van der Waals surface area contributed by atoms with Gasteiger partial charge in [0.05, 0.1) is 11.4 Å². The minimum Gasteiger partial charge on any atom is -0.351 e. The van der Waals surface area contributed by atoms with Gasteiger partial charge in [-0.2, -0.15) is 0 Å². The summed E-state index contributed by atoms with van der Waals surface area (Å²) in [5, 5.41) is 7.96. The zero-order valence-electron chi connectivity index (χ0n) is 20.7. The highest BCUT2D eigenvalue weighted by molar-refractivity contribution is 7.90. The molecule has 0 bridgehead atoms. The van der Waals surface area contributed by atoms with Crippen molar-refractivity contribution in [3.05, 3.63) is 50.6 Å². The molecule has 37 heavy (non-hydrogen) atoms. The van der Waals surface area contributed by atoms with Gasteiger partial charge < -0.3 is 20.5 Å². The normalized spacial score (nSPS) is 22.5. The smallest absolute Gasteiger partial charge is 0.280 e. The second-order valence-corrected chi connectivity index (χ2v) is 13.9. The van der Waals surface area contributed by atoms with E-state index in [1.165, 1.54) is 17.6 Å². The molecule has 5 rings (SSSR count). The Labute approximate surface area is 224 Å². The van der Waals surface area contributed by atoms with Gasteiger partial charge in [0.1, 0.15) is 15.5 Å². The number of carbonyl (C=O) groups is 2. The third kappa shape index (κ3) is 6.17. The Morgan fingerprint density at radius 2 is 1.97 bits per heavy atom. The Morgan fingerprint density at radius 1 is 1.19 bits per heavy atom. The fourth-order valence-corrected chi connectivity index (χ4v) is 7.72. The number of nitrogens with zero attached hydrogens (tertiary/aromatic N) is 2. The highest BCUT2D eigenvalue weighted by atomic mass is 35.5. The molecule has 0 radical (unpaired) electrons. The van der Waals surface area contributed by atoms with E-state index in [1.54, 1.807) is 18.2 Å². The maximum absolute atomic E-state index is 13.2. The van der Waals surface area contributed by atoms with Crippen molar-refractivity contribution >= 4 is 55.5 Å². The fourth-order valence-electron chi connectivity index (χ4n) is 5.29. The van der Waals surface area contributed by atoms with Gasteiger partial charge in [0.2, 0.25) is 0 Å². The first-order valence-corrected chi connectivity index (χ1v) is 15.5. The first-order valence-electron chi connectivity index (χ1n) is 12.3. The molecule has 3 aromatic rings. The predicted octanol–water partition coefficient (Wildman–Crippen LogP) is 3.01. The number of fused-ring (bicyclic) bond motifs is 2. The maximum atomic E-state index is 13.2. The molecule has 3 heterocycles. The molecule has 3 atom stereocenters. The average molecular weight is 564 g/mol.